The largest absolute Gasteiger partial charge is 0.492 e. The SMILES string of the molecule is CC1(C)c2ccccc2-c2ccc3c(c21)c1ccccc1n3-c1cccc2c1oc1c(B(O)O)cccc12. The van der Waals surface area contributed by atoms with E-state index in [0.29, 0.717) is 11.0 Å². The van der Waals surface area contributed by atoms with E-state index in [0.717, 1.165) is 33.1 Å². The molecule has 1 aliphatic carbocycles. The van der Waals surface area contributed by atoms with E-state index < -0.39 is 7.12 Å². The van der Waals surface area contributed by atoms with Gasteiger partial charge in [-0.15, -0.1) is 0 Å². The maximum absolute atomic E-state index is 9.99. The lowest BCUT2D eigenvalue weighted by Gasteiger charge is -2.22. The number of benzene rings is 5. The number of nitrogens with zero attached hydrogens (tertiary/aromatic N) is 1. The molecule has 0 spiro atoms. The summed E-state index contributed by atoms with van der Waals surface area (Å²) in [6.45, 7) is 4.65. The van der Waals surface area contributed by atoms with Crippen molar-refractivity contribution in [2.45, 2.75) is 19.3 Å². The molecule has 0 unspecified atom stereocenters. The third kappa shape index (κ3) is 2.62. The van der Waals surface area contributed by atoms with Crippen LogP contribution in [-0.2, 0) is 5.41 Å². The van der Waals surface area contributed by atoms with Crippen LogP contribution in [0.5, 0.6) is 0 Å². The maximum atomic E-state index is 9.99. The Kier molecular flexibility index (Phi) is 4.22. The van der Waals surface area contributed by atoms with Crippen LogP contribution in [-0.4, -0.2) is 21.7 Å². The first-order chi connectivity index (χ1) is 18.5. The molecule has 4 nitrogen and oxygen atoms in total. The number of fused-ring (bicyclic) bond motifs is 10. The highest BCUT2D eigenvalue weighted by molar-refractivity contribution is 6.61. The Morgan fingerprint density at radius 2 is 1.37 bits per heavy atom. The monoisotopic (exact) mass is 493 g/mol. The summed E-state index contributed by atoms with van der Waals surface area (Å²) in [6, 6.07) is 33.5. The van der Waals surface area contributed by atoms with Crippen molar-refractivity contribution in [3.63, 3.8) is 0 Å². The lowest BCUT2D eigenvalue weighted by Crippen LogP contribution is -2.29. The lowest BCUT2D eigenvalue weighted by molar-refractivity contribution is 0.425. The fourth-order valence-electron chi connectivity index (χ4n) is 6.80. The third-order valence-electron chi connectivity index (χ3n) is 8.41. The summed E-state index contributed by atoms with van der Waals surface area (Å²) in [5.74, 6) is 0. The van der Waals surface area contributed by atoms with E-state index >= 15 is 0 Å². The number of aromatic nitrogens is 1. The van der Waals surface area contributed by atoms with Gasteiger partial charge in [-0.1, -0.05) is 92.7 Å². The number of hydrogen-bond acceptors (Lipinski definition) is 3. The normalized spacial score (nSPS) is 14.0. The van der Waals surface area contributed by atoms with Gasteiger partial charge in [-0.2, -0.15) is 0 Å². The Labute approximate surface area is 219 Å². The molecule has 38 heavy (non-hydrogen) atoms. The van der Waals surface area contributed by atoms with Gasteiger partial charge in [0.15, 0.2) is 5.58 Å². The molecule has 2 N–H and O–H groups in total. The second-order valence-electron chi connectivity index (χ2n) is 10.8. The van der Waals surface area contributed by atoms with E-state index in [1.807, 2.05) is 24.3 Å². The van der Waals surface area contributed by atoms with Gasteiger partial charge in [-0.25, -0.2) is 0 Å². The van der Waals surface area contributed by atoms with E-state index in [2.05, 4.69) is 85.1 Å². The highest BCUT2D eigenvalue weighted by Gasteiger charge is 2.38. The van der Waals surface area contributed by atoms with Gasteiger partial charge in [0.2, 0.25) is 0 Å². The van der Waals surface area contributed by atoms with Crippen molar-refractivity contribution in [3.8, 4) is 16.8 Å². The molecule has 2 heterocycles. The van der Waals surface area contributed by atoms with E-state index in [1.165, 1.54) is 33.0 Å². The molecule has 8 rings (SSSR count). The van der Waals surface area contributed by atoms with E-state index in [4.69, 9.17) is 4.42 Å². The first-order valence-electron chi connectivity index (χ1n) is 12.9. The Morgan fingerprint density at radius 1 is 0.658 bits per heavy atom. The van der Waals surface area contributed by atoms with Gasteiger partial charge in [0.1, 0.15) is 5.58 Å². The predicted octanol–water partition coefficient (Wildman–Crippen LogP) is 6.67. The van der Waals surface area contributed by atoms with Gasteiger partial charge in [-0.3, -0.25) is 0 Å². The molecular formula is C33H24BNO3. The molecule has 0 bridgehead atoms. The topological polar surface area (TPSA) is 58.5 Å². The molecule has 5 aromatic carbocycles. The van der Waals surface area contributed by atoms with Crippen LogP contribution in [0.25, 0.3) is 60.6 Å². The molecular weight excluding hydrogens is 469 g/mol. The molecule has 0 saturated heterocycles. The maximum Gasteiger partial charge on any atom is 0.492 e. The van der Waals surface area contributed by atoms with Gasteiger partial charge in [-0.05, 0) is 40.5 Å². The molecule has 0 fully saturated rings. The number of para-hydroxylation sites is 3. The molecule has 1 aliphatic rings. The molecule has 2 aromatic heterocycles. The standard InChI is InChI=1S/C33H24BNO3/c1-33(2)24-13-5-3-9-19(24)20-17-18-27-29(30(20)33)23-10-4-6-15-26(23)35(27)28-16-8-12-22-21-11-7-14-25(34(36)37)31(21)38-32(22)28/h3-18,36-37H,1-2H3. The van der Waals surface area contributed by atoms with Crippen LogP contribution in [0.4, 0.5) is 0 Å². The van der Waals surface area contributed by atoms with Crippen molar-refractivity contribution in [1.82, 2.24) is 4.57 Å². The summed E-state index contributed by atoms with van der Waals surface area (Å²) in [7, 11) is -1.61. The number of hydrogen-bond donors (Lipinski definition) is 2. The van der Waals surface area contributed by atoms with Crippen molar-refractivity contribution >= 4 is 56.3 Å². The summed E-state index contributed by atoms with van der Waals surface area (Å²) in [6.07, 6.45) is 0. The van der Waals surface area contributed by atoms with Gasteiger partial charge in [0, 0.05) is 32.4 Å². The summed E-state index contributed by atoms with van der Waals surface area (Å²) < 4.78 is 8.74. The first kappa shape index (κ1) is 21.7. The molecule has 0 radical (unpaired) electrons. The highest BCUT2D eigenvalue weighted by atomic mass is 16.4. The second kappa shape index (κ2) is 7.38. The minimum Gasteiger partial charge on any atom is -0.454 e. The Hall–Kier alpha value is -4.32. The fraction of sp³-hybridized carbons (Fsp3) is 0.0909. The second-order valence-corrected chi connectivity index (χ2v) is 10.8. The summed E-state index contributed by atoms with van der Waals surface area (Å²) in [5.41, 5.74) is 9.93. The third-order valence-corrected chi connectivity index (χ3v) is 8.41. The molecule has 182 valence electrons. The highest BCUT2D eigenvalue weighted by Crippen LogP contribution is 2.53. The van der Waals surface area contributed by atoms with Gasteiger partial charge < -0.3 is 19.0 Å². The zero-order chi connectivity index (χ0) is 25.8. The molecule has 0 saturated carbocycles. The number of rotatable bonds is 2. The van der Waals surface area contributed by atoms with Gasteiger partial charge in [0.05, 0.1) is 16.7 Å². The summed E-state index contributed by atoms with van der Waals surface area (Å²) in [4.78, 5) is 0. The van der Waals surface area contributed by atoms with Crippen LogP contribution in [0.1, 0.15) is 25.0 Å². The molecule has 5 heteroatoms. The van der Waals surface area contributed by atoms with Gasteiger partial charge in [0.25, 0.3) is 0 Å². The van der Waals surface area contributed by atoms with Crippen LogP contribution in [0.15, 0.2) is 101 Å². The molecule has 0 amide bonds. The average molecular weight is 493 g/mol. The molecule has 0 aliphatic heterocycles. The number of furan rings is 1. The molecule has 7 aromatic rings. The van der Waals surface area contributed by atoms with Crippen molar-refractivity contribution in [1.29, 1.82) is 0 Å². The van der Waals surface area contributed by atoms with Crippen molar-refractivity contribution < 1.29 is 14.5 Å². The predicted molar refractivity (Wildman–Crippen MR) is 155 cm³/mol. The van der Waals surface area contributed by atoms with Crippen molar-refractivity contribution in [2.24, 2.45) is 0 Å². The van der Waals surface area contributed by atoms with Crippen LogP contribution in [0.2, 0.25) is 0 Å². The Morgan fingerprint density at radius 3 is 2.21 bits per heavy atom. The fourth-order valence-corrected chi connectivity index (χ4v) is 6.80. The lowest BCUT2D eigenvalue weighted by atomic mass is 9.79. The van der Waals surface area contributed by atoms with Crippen LogP contribution in [0, 0.1) is 0 Å². The quantitative estimate of drug-likeness (QED) is 0.265. The minimum atomic E-state index is -1.61. The average Bonchev–Trinajstić information content (AvgIpc) is 3.55. The summed E-state index contributed by atoms with van der Waals surface area (Å²) >= 11 is 0. The minimum absolute atomic E-state index is 0.141. The Bertz CT molecular complexity index is 2100. The van der Waals surface area contributed by atoms with Crippen LogP contribution in [0.3, 0.4) is 0 Å². The van der Waals surface area contributed by atoms with Gasteiger partial charge >= 0.3 is 7.12 Å². The van der Waals surface area contributed by atoms with Crippen molar-refractivity contribution in [3.05, 3.63) is 108 Å². The Balaban J connectivity index is 1.52. The molecule has 0 atom stereocenters. The summed E-state index contributed by atoms with van der Waals surface area (Å²) in [5, 5.41) is 24.3. The zero-order valence-corrected chi connectivity index (χ0v) is 21.1. The van der Waals surface area contributed by atoms with Crippen molar-refractivity contribution in [2.75, 3.05) is 0 Å². The van der Waals surface area contributed by atoms with E-state index in [-0.39, 0.29) is 5.41 Å². The zero-order valence-electron chi connectivity index (χ0n) is 21.1. The first-order valence-corrected chi connectivity index (χ1v) is 12.9. The van der Waals surface area contributed by atoms with Crippen LogP contribution < -0.4 is 5.46 Å². The smallest absolute Gasteiger partial charge is 0.454 e. The van der Waals surface area contributed by atoms with Crippen LogP contribution >= 0.6 is 0 Å². The van der Waals surface area contributed by atoms with E-state index in [9.17, 15) is 10.0 Å². The van der Waals surface area contributed by atoms with E-state index in [1.54, 1.807) is 6.07 Å².